The van der Waals surface area contributed by atoms with E-state index in [1.165, 1.54) is 6.42 Å². The van der Waals surface area contributed by atoms with Gasteiger partial charge in [0.25, 0.3) is 0 Å². The van der Waals surface area contributed by atoms with Gasteiger partial charge in [0.1, 0.15) is 0 Å². The van der Waals surface area contributed by atoms with Crippen LogP contribution in [0.3, 0.4) is 0 Å². The molecule has 0 bridgehead atoms. The SMILES string of the molecule is CC1(C)CCCC(NC(=O)NCC2(C(=O)O)CCC2)C1. The second-order valence-electron chi connectivity index (χ2n) is 7.22. The smallest absolute Gasteiger partial charge is 0.315 e. The van der Waals surface area contributed by atoms with Crippen molar-refractivity contribution in [1.82, 2.24) is 10.6 Å². The van der Waals surface area contributed by atoms with Gasteiger partial charge in [0.2, 0.25) is 0 Å². The molecule has 0 spiro atoms. The summed E-state index contributed by atoms with van der Waals surface area (Å²) in [6.45, 7) is 4.70. The number of carboxylic acids is 1. The summed E-state index contributed by atoms with van der Waals surface area (Å²) in [4.78, 5) is 23.1. The maximum atomic E-state index is 11.9. The molecule has 114 valence electrons. The zero-order valence-electron chi connectivity index (χ0n) is 12.5. The number of hydrogen-bond acceptors (Lipinski definition) is 2. The normalized spacial score (nSPS) is 27.2. The summed E-state index contributed by atoms with van der Waals surface area (Å²) in [6.07, 6.45) is 6.61. The number of urea groups is 1. The molecular formula is C15H26N2O3. The molecule has 5 heteroatoms. The van der Waals surface area contributed by atoms with Gasteiger partial charge in [0.05, 0.1) is 5.41 Å². The third kappa shape index (κ3) is 3.44. The number of carbonyl (C=O) groups is 2. The highest BCUT2D eigenvalue weighted by Crippen LogP contribution is 2.40. The molecule has 2 amide bonds. The van der Waals surface area contributed by atoms with Crippen molar-refractivity contribution in [2.45, 2.75) is 64.8 Å². The van der Waals surface area contributed by atoms with Crippen LogP contribution in [0.2, 0.25) is 0 Å². The third-order valence-electron chi connectivity index (χ3n) is 4.89. The van der Waals surface area contributed by atoms with Crippen LogP contribution in [0.5, 0.6) is 0 Å². The Morgan fingerprint density at radius 1 is 1.20 bits per heavy atom. The standard InChI is InChI=1S/C15H26N2O3/c1-14(2)6-3-5-11(9-14)17-13(20)16-10-15(12(18)19)7-4-8-15/h11H,3-10H2,1-2H3,(H,18,19)(H2,16,17,20). The molecule has 0 radical (unpaired) electrons. The summed E-state index contributed by atoms with van der Waals surface area (Å²) >= 11 is 0. The summed E-state index contributed by atoms with van der Waals surface area (Å²) in [5.41, 5.74) is -0.435. The molecule has 0 aromatic heterocycles. The molecule has 2 aliphatic rings. The molecule has 2 rings (SSSR count). The number of amides is 2. The fourth-order valence-corrected chi connectivity index (χ4v) is 3.38. The van der Waals surface area contributed by atoms with E-state index in [0.717, 1.165) is 25.7 Å². The van der Waals surface area contributed by atoms with Gasteiger partial charge in [0, 0.05) is 12.6 Å². The van der Waals surface area contributed by atoms with E-state index in [-0.39, 0.29) is 24.0 Å². The number of aliphatic carboxylic acids is 1. The third-order valence-corrected chi connectivity index (χ3v) is 4.89. The van der Waals surface area contributed by atoms with Crippen LogP contribution >= 0.6 is 0 Å². The fraction of sp³-hybridized carbons (Fsp3) is 0.867. The van der Waals surface area contributed by atoms with Crippen molar-refractivity contribution < 1.29 is 14.7 Å². The highest BCUT2D eigenvalue weighted by atomic mass is 16.4. The predicted octanol–water partition coefficient (Wildman–Crippen LogP) is 2.51. The van der Waals surface area contributed by atoms with Gasteiger partial charge in [-0.2, -0.15) is 0 Å². The lowest BCUT2D eigenvalue weighted by Crippen LogP contribution is -2.52. The van der Waals surface area contributed by atoms with E-state index in [9.17, 15) is 14.7 Å². The van der Waals surface area contributed by atoms with E-state index >= 15 is 0 Å². The van der Waals surface area contributed by atoms with Crippen molar-refractivity contribution in [3.63, 3.8) is 0 Å². The Kier molecular flexibility index (Phi) is 4.25. The van der Waals surface area contributed by atoms with Crippen molar-refractivity contribution in [3.8, 4) is 0 Å². The second kappa shape index (κ2) is 5.62. The number of nitrogens with one attached hydrogen (secondary N) is 2. The lowest BCUT2D eigenvalue weighted by atomic mass is 9.69. The summed E-state index contributed by atoms with van der Waals surface area (Å²) in [5, 5.41) is 15.0. The second-order valence-corrected chi connectivity index (χ2v) is 7.22. The Labute approximate surface area is 120 Å². The molecule has 20 heavy (non-hydrogen) atoms. The first-order chi connectivity index (χ1) is 9.33. The summed E-state index contributed by atoms with van der Waals surface area (Å²) in [7, 11) is 0. The first-order valence-electron chi connectivity index (χ1n) is 7.61. The van der Waals surface area contributed by atoms with Crippen LogP contribution in [0, 0.1) is 10.8 Å². The van der Waals surface area contributed by atoms with Crippen LogP contribution in [-0.4, -0.2) is 29.7 Å². The van der Waals surface area contributed by atoms with Crippen molar-refractivity contribution >= 4 is 12.0 Å². The van der Waals surface area contributed by atoms with E-state index in [1.54, 1.807) is 0 Å². The molecule has 0 aromatic rings. The minimum atomic E-state index is -0.789. The minimum absolute atomic E-state index is 0.209. The molecular weight excluding hydrogens is 256 g/mol. The van der Waals surface area contributed by atoms with Crippen molar-refractivity contribution in [2.24, 2.45) is 10.8 Å². The van der Waals surface area contributed by atoms with Gasteiger partial charge >= 0.3 is 12.0 Å². The molecule has 2 fully saturated rings. The molecule has 3 N–H and O–H groups in total. The largest absolute Gasteiger partial charge is 0.481 e. The van der Waals surface area contributed by atoms with Gasteiger partial charge in [-0.25, -0.2) is 4.79 Å². The predicted molar refractivity (Wildman–Crippen MR) is 76.5 cm³/mol. The molecule has 1 atom stereocenters. The summed E-state index contributed by atoms with van der Waals surface area (Å²) < 4.78 is 0. The highest BCUT2D eigenvalue weighted by molar-refractivity contribution is 5.79. The van der Waals surface area contributed by atoms with Crippen molar-refractivity contribution in [2.75, 3.05) is 6.54 Å². The lowest BCUT2D eigenvalue weighted by molar-refractivity contribution is -0.153. The molecule has 1 unspecified atom stereocenters. The Morgan fingerprint density at radius 2 is 1.90 bits per heavy atom. The van der Waals surface area contributed by atoms with Gasteiger partial charge < -0.3 is 15.7 Å². The van der Waals surface area contributed by atoms with E-state index in [2.05, 4.69) is 24.5 Å². The van der Waals surface area contributed by atoms with Gasteiger partial charge in [-0.05, 0) is 37.5 Å². The fourth-order valence-electron chi connectivity index (χ4n) is 3.38. The molecule has 0 aromatic carbocycles. The summed E-state index contributed by atoms with van der Waals surface area (Å²) in [6, 6.07) is -0.0128. The monoisotopic (exact) mass is 282 g/mol. The van der Waals surface area contributed by atoms with Crippen molar-refractivity contribution in [3.05, 3.63) is 0 Å². The van der Waals surface area contributed by atoms with E-state index < -0.39 is 11.4 Å². The number of hydrogen-bond donors (Lipinski definition) is 3. The molecule has 0 saturated heterocycles. The van der Waals surface area contributed by atoms with Gasteiger partial charge in [0.15, 0.2) is 0 Å². The Morgan fingerprint density at radius 3 is 2.40 bits per heavy atom. The molecule has 5 nitrogen and oxygen atoms in total. The van der Waals surface area contributed by atoms with Gasteiger partial charge in [-0.3, -0.25) is 4.79 Å². The number of carboxylic acid groups (broad SMARTS) is 1. The lowest BCUT2D eigenvalue weighted by Gasteiger charge is -2.38. The van der Waals surface area contributed by atoms with Gasteiger partial charge in [-0.15, -0.1) is 0 Å². The topological polar surface area (TPSA) is 78.4 Å². The van der Waals surface area contributed by atoms with Crippen LogP contribution in [-0.2, 0) is 4.79 Å². The van der Waals surface area contributed by atoms with E-state index in [0.29, 0.717) is 12.8 Å². The van der Waals surface area contributed by atoms with E-state index in [4.69, 9.17) is 0 Å². The average Bonchev–Trinajstić information content (AvgIpc) is 2.25. The number of rotatable bonds is 4. The van der Waals surface area contributed by atoms with Crippen LogP contribution in [0.25, 0.3) is 0 Å². The van der Waals surface area contributed by atoms with Crippen LogP contribution < -0.4 is 10.6 Å². The Hall–Kier alpha value is -1.26. The van der Waals surface area contributed by atoms with Crippen LogP contribution in [0.4, 0.5) is 4.79 Å². The summed E-state index contributed by atoms with van der Waals surface area (Å²) in [5.74, 6) is -0.789. The minimum Gasteiger partial charge on any atom is -0.481 e. The maximum absolute atomic E-state index is 11.9. The van der Waals surface area contributed by atoms with E-state index in [1.807, 2.05) is 0 Å². The molecule has 0 heterocycles. The quantitative estimate of drug-likeness (QED) is 0.741. The zero-order valence-corrected chi connectivity index (χ0v) is 12.5. The van der Waals surface area contributed by atoms with Crippen molar-refractivity contribution in [1.29, 1.82) is 0 Å². The first-order valence-corrected chi connectivity index (χ1v) is 7.61. The van der Waals surface area contributed by atoms with Crippen LogP contribution in [0.1, 0.15) is 58.8 Å². The maximum Gasteiger partial charge on any atom is 0.315 e. The number of carbonyl (C=O) groups excluding carboxylic acids is 1. The van der Waals surface area contributed by atoms with Gasteiger partial charge in [-0.1, -0.05) is 26.7 Å². The molecule has 2 aliphatic carbocycles. The first kappa shape index (κ1) is 15.1. The molecule has 2 saturated carbocycles. The molecule has 0 aliphatic heterocycles. The zero-order chi connectivity index (χ0) is 14.8. The Bertz CT molecular complexity index is 389. The van der Waals surface area contributed by atoms with Crippen LogP contribution in [0.15, 0.2) is 0 Å². The Balaban J connectivity index is 1.77. The average molecular weight is 282 g/mol. The highest BCUT2D eigenvalue weighted by Gasteiger charge is 2.44.